The van der Waals surface area contributed by atoms with Crippen molar-refractivity contribution in [3.05, 3.63) is 72.8 Å². The Labute approximate surface area is 165 Å². The van der Waals surface area contributed by atoms with Crippen LogP contribution < -0.4 is 10.1 Å². The second kappa shape index (κ2) is 6.91. The van der Waals surface area contributed by atoms with E-state index in [2.05, 4.69) is 39.6 Å². The molecule has 0 aliphatic carbocycles. The summed E-state index contributed by atoms with van der Waals surface area (Å²) in [5.74, 6) is -0.0511. The Bertz CT molecular complexity index is 1310. The van der Waals surface area contributed by atoms with Crippen molar-refractivity contribution >= 4 is 44.7 Å². The highest BCUT2D eigenvalue weighted by atomic mass is 16.5. The molecule has 0 radical (unpaired) electrons. The van der Waals surface area contributed by atoms with E-state index in [1.165, 1.54) is 6.33 Å². The summed E-state index contributed by atoms with van der Waals surface area (Å²) in [4.78, 5) is 30.7. The van der Waals surface area contributed by atoms with Gasteiger partial charge < -0.3 is 15.0 Å². The number of H-pyrrole nitrogens is 1. The van der Waals surface area contributed by atoms with Gasteiger partial charge in [0.25, 0.3) is 0 Å². The van der Waals surface area contributed by atoms with Crippen molar-refractivity contribution in [1.82, 2.24) is 15.3 Å². The summed E-state index contributed by atoms with van der Waals surface area (Å²) in [5.41, 5.74) is 0.733. The van der Waals surface area contributed by atoms with Crippen molar-refractivity contribution in [2.45, 2.75) is 12.5 Å². The number of amides is 1. The molecule has 2 N–H and O–H groups in total. The highest BCUT2D eigenvalue weighted by molar-refractivity contribution is 6.24. The minimum absolute atomic E-state index is 0.267. The summed E-state index contributed by atoms with van der Waals surface area (Å²) in [5, 5.41) is 9.00. The lowest BCUT2D eigenvalue weighted by molar-refractivity contribution is -0.137. The first-order chi connectivity index (χ1) is 14.2. The van der Waals surface area contributed by atoms with Gasteiger partial charge in [0.15, 0.2) is 0 Å². The first-order valence-corrected chi connectivity index (χ1v) is 9.30. The first-order valence-electron chi connectivity index (χ1n) is 9.30. The van der Waals surface area contributed by atoms with Gasteiger partial charge in [-0.3, -0.25) is 4.79 Å². The van der Waals surface area contributed by atoms with E-state index in [-0.39, 0.29) is 6.42 Å². The average molecular weight is 383 g/mol. The molecular formula is C23H17N3O3. The topological polar surface area (TPSA) is 84.1 Å². The second-order valence-electron chi connectivity index (χ2n) is 6.96. The molecule has 5 rings (SSSR count). The van der Waals surface area contributed by atoms with Crippen molar-refractivity contribution < 1.29 is 14.3 Å². The number of esters is 1. The number of nitrogens with one attached hydrogen (secondary N) is 2. The number of carbonyl (C=O) groups excluding carboxylic acids is 2. The Morgan fingerprint density at radius 1 is 1.03 bits per heavy atom. The van der Waals surface area contributed by atoms with Crippen molar-refractivity contribution in [2.75, 3.05) is 0 Å². The molecule has 1 amide bonds. The first kappa shape index (κ1) is 17.2. The van der Waals surface area contributed by atoms with Crippen LogP contribution in [-0.4, -0.2) is 28.4 Å². The largest absolute Gasteiger partial charge is 0.424 e. The quantitative estimate of drug-likeness (QED) is 0.203. The maximum atomic E-state index is 12.8. The van der Waals surface area contributed by atoms with E-state index in [1.54, 1.807) is 12.3 Å². The maximum Gasteiger partial charge on any atom is 0.334 e. The highest BCUT2D eigenvalue weighted by Crippen LogP contribution is 2.38. The van der Waals surface area contributed by atoms with Crippen LogP contribution in [0, 0.1) is 0 Å². The highest BCUT2D eigenvalue weighted by Gasteiger charge is 2.22. The number of rotatable bonds is 6. The fourth-order valence-electron chi connectivity index (χ4n) is 3.89. The number of imidazole rings is 1. The molecule has 0 fully saturated rings. The molecule has 1 atom stereocenters. The number of hydrogen-bond acceptors (Lipinski definition) is 4. The van der Waals surface area contributed by atoms with Crippen LogP contribution in [0.25, 0.3) is 32.3 Å². The van der Waals surface area contributed by atoms with Crippen LogP contribution in [0.15, 0.2) is 67.1 Å². The van der Waals surface area contributed by atoms with Gasteiger partial charge in [0.1, 0.15) is 11.8 Å². The zero-order valence-corrected chi connectivity index (χ0v) is 15.4. The monoisotopic (exact) mass is 383 g/mol. The van der Waals surface area contributed by atoms with Crippen LogP contribution in [-0.2, 0) is 16.0 Å². The Morgan fingerprint density at radius 2 is 1.76 bits per heavy atom. The summed E-state index contributed by atoms with van der Waals surface area (Å²) in [6.45, 7) is 0. The minimum Gasteiger partial charge on any atom is -0.424 e. The molecule has 0 unspecified atom stereocenters. The van der Waals surface area contributed by atoms with E-state index in [1.807, 2.05) is 24.3 Å². The van der Waals surface area contributed by atoms with E-state index >= 15 is 0 Å². The lowest BCUT2D eigenvalue weighted by atomic mass is 9.94. The predicted molar refractivity (Wildman–Crippen MR) is 111 cm³/mol. The molecule has 142 valence electrons. The molecule has 0 saturated carbocycles. The van der Waals surface area contributed by atoms with E-state index in [4.69, 9.17) is 4.74 Å². The number of benzene rings is 4. The Morgan fingerprint density at radius 3 is 2.48 bits per heavy atom. The van der Waals surface area contributed by atoms with Gasteiger partial charge in [-0.1, -0.05) is 42.5 Å². The van der Waals surface area contributed by atoms with E-state index < -0.39 is 12.0 Å². The third kappa shape index (κ3) is 2.95. The zero-order chi connectivity index (χ0) is 19.8. The van der Waals surface area contributed by atoms with E-state index in [0.717, 1.165) is 38.0 Å². The number of nitrogens with zero attached hydrogens (tertiary/aromatic N) is 1. The number of hydrogen-bond donors (Lipinski definition) is 2. The third-order valence-corrected chi connectivity index (χ3v) is 5.23. The molecule has 1 heterocycles. The minimum atomic E-state index is -0.813. The van der Waals surface area contributed by atoms with Crippen LogP contribution in [0.5, 0.6) is 5.75 Å². The normalized spacial score (nSPS) is 12.4. The average Bonchev–Trinajstić information content (AvgIpc) is 3.26. The Hall–Kier alpha value is -3.93. The van der Waals surface area contributed by atoms with Crippen LogP contribution >= 0.6 is 0 Å². The summed E-state index contributed by atoms with van der Waals surface area (Å²) in [7, 11) is 0. The van der Waals surface area contributed by atoms with Crippen molar-refractivity contribution in [2.24, 2.45) is 0 Å². The van der Waals surface area contributed by atoms with Gasteiger partial charge in [-0.15, -0.1) is 0 Å². The molecule has 0 aliphatic heterocycles. The second-order valence-corrected chi connectivity index (χ2v) is 6.96. The summed E-state index contributed by atoms with van der Waals surface area (Å²) in [6.07, 6.45) is 3.92. The van der Waals surface area contributed by atoms with Gasteiger partial charge in [0, 0.05) is 29.1 Å². The van der Waals surface area contributed by atoms with Crippen molar-refractivity contribution in [1.29, 1.82) is 0 Å². The van der Waals surface area contributed by atoms with Gasteiger partial charge in [-0.25, -0.2) is 9.78 Å². The number of ether oxygens (including phenoxy) is 1. The lowest BCUT2D eigenvalue weighted by Crippen LogP contribution is -2.40. The van der Waals surface area contributed by atoms with Gasteiger partial charge >= 0.3 is 5.97 Å². The van der Waals surface area contributed by atoms with Crippen molar-refractivity contribution in [3.63, 3.8) is 0 Å². The lowest BCUT2D eigenvalue weighted by Gasteiger charge is -2.17. The number of aromatic nitrogens is 2. The molecule has 0 aliphatic rings. The SMILES string of the molecule is O=CN[C@@H](Cc1cnc[nH]1)C(=O)Oc1ccc2ccc3cccc4ccc1c2c34. The summed E-state index contributed by atoms with van der Waals surface area (Å²) in [6, 6.07) is 17.3. The molecule has 0 spiro atoms. The fraction of sp³-hybridized carbons (Fsp3) is 0.0870. The van der Waals surface area contributed by atoms with Crippen LogP contribution in [0.3, 0.4) is 0 Å². The summed E-state index contributed by atoms with van der Waals surface area (Å²) >= 11 is 0. The fourth-order valence-corrected chi connectivity index (χ4v) is 3.89. The van der Waals surface area contributed by atoms with Gasteiger partial charge in [0.05, 0.1) is 6.33 Å². The molecule has 29 heavy (non-hydrogen) atoms. The van der Waals surface area contributed by atoms with Gasteiger partial charge in [-0.05, 0) is 33.7 Å². The molecule has 6 nitrogen and oxygen atoms in total. The van der Waals surface area contributed by atoms with Crippen LogP contribution in [0.1, 0.15) is 5.69 Å². The smallest absolute Gasteiger partial charge is 0.334 e. The predicted octanol–water partition coefficient (Wildman–Crippen LogP) is 3.57. The standard InChI is InChI=1S/C23H17N3O3/c27-13-26-19(10-17-11-24-12-25-17)23(28)29-20-9-7-16-5-4-14-2-1-3-15-6-8-18(20)22(16)21(14)15/h1-9,11-13,19H,10H2,(H,24,25)(H,26,27)/t19-/m0/s1. The van der Waals surface area contributed by atoms with Crippen LogP contribution in [0.4, 0.5) is 0 Å². The van der Waals surface area contributed by atoms with Crippen LogP contribution in [0.2, 0.25) is 0 Å². The molecule has 4 aromatic carbocycles. The molecular weight excluding hydrogens is 366 g/mol. The van der Waals surface area contributed by atoms with E-state index in [0.29, 0.717) is 12.2 Å². The maximum absolute atomic E-state index is 12.8. The number of aromatic amines is 1. The molecule has 0 saturated heterocycles. The Balaban J connectivity index is 1.55. The summed E-state index contributed by atoms with van der Waals surface area (Å²) < 4.78 is 5.74. The third-order valence-electron chi connectivity index (χ3n) is 5.23. The molecule has 5 aromatic rings. The van der Waals surface area contributed by atoms with Crippen molar-refractivity contribution in [3.8, 4) is 5.75 Å². The molecule has 6 heteroatoms. The van der Waals surface area contributed by atoms with Gasteiger partial charge in [0.2, 0.25) is 6.41 Å². The number of carbonyl (C=O) groups is 2. The van der Waals surface area contributed by atoms with E-state index in [9.17, 15) is 9.59 Å². The zero-order valence-electron chi connectivity index (χ0n) is 15.4. The van der Waals surface area contributed by atoms with Gasteiger partial charge in [-0.2, -0.15) is 0 Å². The molecule has 1 aromatic heterocycles. The molecule has 0 bridgehead atoms. The Kier molecular flexibility index (Phi) is 4.09.